The van der Waals surface area contributed by atoms with Gasteiger partial charge >= 0.3 is 0 Å². The fraction of sp³-hybridized carbons (Fsp3) is 0.167. The van der Waals surface area contributed by atoms with Gasteiger partial charge in [0.2, 0.25) is 0 Å². The third-order valence-corrected chi connectivity index (χ3v) is 3.55. The Morgan fingerprint density at radius 2 is 1.80 bits per heavy atom. The van der Waals surface area contributed by atoms with Gasteiger partial charge in [0.15, 0.2) is 5.12 Å². The largest absolute Gasteiger partial charge is 0.288 e. The minimum absolute atomic E-state index is 0.151. The van der Waals surface area contributed by atoms with Crippen molar-refractivity contribution in [1.82, 2.24) is 0 Å². The minimum Gasteiger partial charge on any atom is -0.288 e. The van der Waals surface area contributed by atoms with Crippen LogP contribution in [0.15, 0.2) is 54.6 Å². The zero-order chi connectivity index (χ0) is 14.2. The molecule has 2 rings (SSSR count). The summed E-state index contributed by atoms with van der Waals surface area (Å²) in [5, 5.41) is 0.151. The monoisotopic (exact) mass is 280 g/mol. The van der Waals surface area contributed by atoms with Gasteiger partial charge in [-0.2, -0.15) is 0 Å². The zero-order valence-electron chi connectivity index (χ0n) is 11.4. The molecule has 0 amide bonds. The van der Waals surface area contributed by atoms with E-state index in [2.05, 4.69) is 36.1 Å². The van der Waals surface area contributed by atoms with Crippen LogP contribution in [0.4, 0.5) is 0 Å². The first-order valence-corrected chi connectivity index (χ1v) is 7.52. The Bertz CT molecular complexity index is 635. The van der Waals surface area contributed by atoms with Crippen LogP contribution in [0, 0.1) is 11.8 Å². The topological polar surface area (TPSA) is 17.1 Å². The van der Waals surface area contributed by atoms with Crippen molar-refractivity contribution < 1.29 is 4.79 Å². The average Bonchev–Trinajstić information content (AvgIpc) is 2.48. The van der Waals surface area contributed by atoms with E-state index in [9.17, 15) is 4.79 Å². The van der Waals surface area contributed by atoms with Gasteiger partial charge in [0.1, 0.15) is 0 Å². The molecule has 2 aromatic carbocycles. The maximum atomic E-state index is 10.8. The highest BCUT2D eigenvalue weighted by molar-refractivity contribution is 8.13. The molecule has 1 nitrogen and oxygen atoms in total. The predicted molar refractivity (Wildman–Crippen MR) is 86.5 cm³/mol. The first-order chi connectivity index (χ1) is 9.75. The summed E-state index contributed by atoms with van der Waals surface area (Å²) >= 11 is 1.33. The summed E-state index contributed by atoms with van der Waals surface area (Å²) in [6, 6.07) is 18.5. The van der Waals surface area contributed by atoms with Crippen molar-refractivity contribution in [2.75, 3.05) is 5.75 Å². The van der Waals surface area contributed by atoms with Crippen molar-refractivity contribution in [3.8, 4) is 23.0 Å². The molecule has 0 bridgehead atoms. The maximum absolute atomic E-state index is 10.8. The second kappa shape index (κ2) is 7.57. The number of carbonyl (C=O) groups excluding carboxylic acids is 1. The van der Waals surface area contributed by atoms with Crippen molar-refractivity contribution in [3.63, 3.8) is 0 Å². The Balaban J connectivity index is 2.04. The maximum Gasteiger partial charge on any atom is 0.185 e. The van der Waals surface area contributed by atoms with E-state index < -0.39 is 0 Å². The highest BCUT2D eigenvalue weighted by atomic mass is 32.2. The quantitative estimate of drug-likeness (QED) is 0.613. The lowest BCUT2D eigenvalue weighted by Crippen LogP contribution is -1.84. The normalized spacial score (nSPS) is 9.65. The molecule has 0 spiro atoms. The van der Waals surface area contributed by atoms with Gasteiger partial charge in [-0.3, -0.25) is 4.79 Å². The van der Waals surface area contributed by atoms with Crippen LogP contribution in [0.5, 0.6) is 0 Å². The highest BCUT2D eigenvalue weighted by Crippen LogP contribution is 2.19. The first-order valence-electron chi connectivity index (χ1n) is 6.53. The summed E-state index contributed by atoms with van der Waals surface area (Å²) in [7, 11) is 0. The summed E-state index contributed by atoms with van der Waals surface area (Å²) in [4.78, 5) is 10.8. The molecule has 0 heterocycles. The number of hydrogen-bond acceptors (Lipinski definition) is 2. The van der Waals surface area contributed by atoms with Gasteiger partial charge in [-0.15, -0.1) is 0 Å². The molecule has 0 saturated carbocycles. The molecule has 20 heavy (non-hydrogen) atoms. The van der Waals surface area contributed by atoms with Crippen molar-refractivity contribution in [3.05, 3.63) is 60.2 Å². The average molecular weight is 280 g/mol. The smallest absolute Gasteiger partial charge is 0.185 e. The Labute approximate surface area is 124 Å². The van der Waals surface area contributed by atoms with Crippen LogP contribution in [0.1, 0.15) is 18.9 Å². The van der Waals surface area contributed by atoms with E-state index in [4.69, 9.17) is 0 Å². The molecule has 0 radical (unpaired) electrons. The fourth-order valence-electron chi connectivity index (χ4n) is 1.82. The van der Waals surface area contributed by atoms with Crippen LogP contribution in [0.2, 0.25) is 0 Å². The van der Waals surface area contributed by atoms with E-state index in [0.717, 1.165) is 17.7 Å². The molecule has 0 N–H and O–H groups in total. The van der Waals surface area contributed by atoms with Gasteiger partial charge in [0.25, 0.3) is 0 Å². The molecule has 0 aliphatic carbocycles. The zero-order valence-corrected chi connectivity index (χ0v) is 12.2. The first kappa shape index (κ1) is 14.4. The van der Waals surface area contributed by atoms with Crippen LogP contribution >= 0.6 is 11.8 Å². The van der Waals surface area contributed by atoms with Crippen molar-refractivity contribution in [2.45, 2.75) is 13.3 Å². The summed E-state index contributed by atoms with van der Waals surface area (Å²) in [5.41, 5.74) is 3.39. The molecule has 2 aromatic rings. The van der Waals surface area contributed by atoms with Gasteiger partial charge in [0.05, 0.1) is 0 Å². The molecule has 0 fully saturated rings. The minimum atomic E-state index is 0.151. The van der Waals surface area contributed by atoms with Gasteiger partial charge < -0.3 is 0 Å². The summed E-state index contributed by atoms with van der Waals surface area (Å²) < 4.78 is 0. The Morgan fingerprint density at radius 1 is 1.05 bits per heavy atom. The number of thioether (sulfide) groups is 1. The van der Waals surface area contributed by atoms with Crippen LogP contribution in [0.25, 0.3) is 11.1 Å². The third-order valence-electron chi connectivity index (χ3n) is 2.73. The fourth-order valence-corrected chi connectivity index (χ4v) is 2.31. The molecule has 0 aliphatic rings. The number of benzene rings is 2. The molecule has 0 aliphatic heterocycles. The van der Waals surface area contributed by atoms with Crippen molar-refractivity contribution >= 4 is 16.9 Å². The summed E-state index contributed by atoms with van der Waals surface area (Å²) in [5.74, 6) is 7.03. The molecule has 2 heteroatoms. The lowest BCUT2D eigenvalue weighted by Gasteiger charge is -2.01. The van der Waals surface area contributed by atoms with E-state index in [1.54, 1.807) is 6.92 Å². The van der Waals surface area contributed by atoms with Gasteiger partial charge in [-0.25, -0.2) is 0 Å². The Kier molecular flexibility index (Phi) is 5.46. The molecular formula is C18H16OS. The SMILES string of the molecule is CC(=O)SCCC#Cc1cccc(-c2ccccc2)c1. The Hall–Kier alpha value is -1.98. The summed E-state index contributed by atoms with van der Waals surface area (Å²) in [6.45, 7) is 1.58. The molecule has 0 atom stereocenters. The van der Waals surface area contributed by atoms with Gasteiger partial charge in [-0.05, 0) is 23.3 Å². The molecule has 100 valence electrons. The van der Waals surface area contributed by atoms with Gasteiger partial charge in [-0.1, -0.05) is 66.1 Å². The van der Waals surface area contributed by atoms with E-state index in [-0.39, 0.29) is 5.12 Å². The molecular weight excluding hydrogens is 264 g/mol. The predicted octanol–water partition coefficient (Wildman–Crippen LogP) is 4.37. The number of rotatable bonds is 3. The number of carbonyl (C=O) groups is 1. The van der Waals surface area contributed by atoms with Crippen molar-refractivity contribution in [1.29, 1.82) is 0 Å². The van der Waals surface area contributed by atoms with E-state index in [1.165, 1.54) is 22.9 Å². The lowest BCUT2D eigenvalue weighted by molar-refractivity contribution is -0.109. The molecule has 0 aromatic heterocycles. The standard InChI is InChI=1S/C18H16OS/c1-15(19)20-13-6-5-8-16-9-7-12-18(14-16)17-10-3-2-4-11-17/h2-4,7,9-12,14H,6,13H2,1H3. The molecule has 0 saturated heterocycles. The number of hydrogen-bond donors (Lipinski definition) is 0. The summed E-state index contributed by atoms with van der Waals surface area (Å²) in [6.07, 6.45) is 0.736. The van der Waals surface area contributed by atoms with Gasteiger partial charge in [0, 0.05) is 24.7 Å². The second-order valence-electron chi connectivity index (χ2n) is 4.34. The van der Waals surface area contributed by atoms with Crippen LogP contribution in [0.3, 0.4) is 0 Å². The van der Waals surface area contributed by atoms with E-state index >= 15 is 0 Å². The van der Waals surface area contributed by atoms with E-state index in [0.29, 0.717) is 0 Å². The highest BCUT2D eigenvalue weighted by Gasteiger charge is 1.96. The Morgan fingerprint density at radius 3 is 2.55 bits per heavy atom. The molecule has 0 unspecified atom stereocenters. The van der Waals surface area contributed by atoms with Crippen LogP contribution in [-0.2, 0) is 4.79 Å². The van der Waals surface area contributed by atoms with Crippen LogP contribution in [-0.4, -0.2) is 10.9 Å². The van der Waals surface area contributed by atoms with Crippen molar-refractivity contribution in [2.24, 2.45) is 0 Å². The van der Waals surface area contributed by atoms with Crippen LogP contribution < -0.4 is 0 Å². The lowest BCUT2D eigenvalue weighted by atomic mass is 10.0. The second-order valence-corrected chi connectivity index (χ2v) is 5.61. The van der Waals surface area contributed by atoms with E-state index in [1.807, 2.05) is 30.3 Å². The third kappa shape index (κ3) is 4.60.